The molecule has 2 amide bonds. The molecular formula is C18H23ClFN3O3. The number of hydrogen-bond donors (Lipinski definition) is 1. The quantitative estimate of drug-likeness (QED) is 0.809. The number of piperidine rings is 1. The minimum Gasteiger partial charge on any atom is -0.386 e. The van der Waals surface area contributed by atoms with Crippen molar-refractivity contribution < 1.29 is 18.8 Å². The van der Waals surface area contributed by atoms with Crippen LogP contribution in [0.15, 0.2) is 23.4 Å². The van der Waals surface area contributed by atoms with Gasteiger partial charge in [0.2, 0.25) is 5.91 Å². The molecule has 1 saturated heterocycles. The summed E-state index contributed by atoms with van der Waals surface area (Å²) < 4.78 is 13.1. The Morgan fingerprint density at radius 3 is 2.54 bits per heavy atom. The molecule has 0 aromatic heterocycles. The third-order valence-corrected chi connectivity index (χ3v) is 4.15. The van der Waals surface area contributed by atoms with Gasteiger partial charge in [-0.15, -0.1) is 0 Å². The molecular weight excluding hydrogens is 361 g/mol. The Morgan fingerprint density at radius 2 is 1.96 bits per heavy atom. The van der Waals surface area contributed by atoms with Crippen LogP contribution in [0.4, 0.5) is 10.1 Å². The number of hydrogen-bond acceptors (Lipinski definition) is 4. The first-order valence-electron chi connectivity index (χ1n) is 8.39. The van der Waals surface area contributed by atoms with Crippen LogP contribution in [0, 0.1) is 11.2 Å². The summed E-state index contributed by atoms with van der Waals surface area (Å²) in [7, 11) is 0. The van der Waals surface area contributed by atoms with Gasteiger partial charge in [-0.25, -0.2) is 4.39 Å². The number of nitrogens with zero attached hydrogens (tertiary/aromatic N) is 2. The number of benzene rings is 1. The van der Waals surface area contributed by atoms with Gasteiger partial charge in [-0.05, 0) is 18.2 Å². The summed E-state index contributed by atoms with van der Waals surface area (Å²) in [5.41, 5.74) is 0.805. The lowest BCUT2D eigenvalue weighted by Crippen LogP contribution is -2.44. The highest BCUT2D eigenvalue weighted by Crippen LogP contribution is 2.21. The third-order valence-electron chi connectivity index (χ3n) is 3.86. The highest BCUT2D eigenvalue weighted by molar-refractivity contribution is 6.31. The van der Waals surface area contributed by atoms with Gasteiger partial charge in [0, 0.05) is 37.0 Å². The van der Waals surface area contributed by atoms with E-state index in [1.165, 1.54) is 18.2 Å². The highest BCUT2D eigenvalue weighted by atomic mass is 35.5. The first-order valence-corrected chi connectivity index (χ1v) is 8.76. The van der Waals surface area contributed by atoms with Gasteiger partial charge in [0.1, 0.15) is 5.82 Å². The molecule has 0 radical (unpaired) electrons. The molecule has 0 spiro atoms. The molecule has 1 N–H and O–H groups in total. The smallest absolute Gasteiger partial charge is 0.265 e. The van der Waals surface area contributed by atoms with Gasteiger partial charge >= 0.3 is 0 Å². The summed E-state index contributed by atoms with van der Waals surface area (Å²) in [6.07, 6.45) is 1.24. The van der Waals surface area contributed by atoms with Gasteiger partial charge in [0.05, 0.1) is 10.7 Å². The van der Waals surface area contributed by atoms with E-state index in [2.05, 4.69) is 10.5 Å². The molecule has 0 unspecified atom stereocenters. The predicted molar refractivity (Wildman–Crippen MR) is 98.7 cm³/mol. The maximum atomic E-state index is 13.1. The fourth-order valence-corrected chi connectivity index (χ4v) is 2.67. The summed E-state index contributed by atoms with van der Waals surface area (Å²) >= 11 is 5.66. The lowest BCUT2D eigenvalue weighted by Gasteiger charge is -2.32. The largest absolute Gasteiger partial charge is 0.386 e. The normalized spacial score (nSPS) is 14.8. The number of likely N-dealkylation sites (tertiary alicyclic amines) is 1. The van der Waals surface area contributed by atoms with Crippen LogP contribution in [0.5, 0.6) is 0 Å². The highest BCUT2D eigenvalue weighted by Gasteiger charge is 2.29. The molecule has 0 atom stereocenters. The molecule has 1 aromatic rings. The van der Waals surface area contributed by atoms with E-state index in [9.17, 15) is 14.0 Å². The van der Waals surface area contributed by atoms with E-state index in [1.807, 2.05) is 25.7 Å². The van der Waals surface area contributed by atoms with Gasteiger partial charge in [0.25, 0.3) is 5.91 Å². The molecule has 26 heavy (non-hydrogen) atoms. The molecule has 6 nitrogen and oxygen atoms in total. The second kappa shape index (κ2) is 8.49. The number of nitrogens with one attached hydrogen (secondary N) is 1. The van der Waals surface area contributed by atoms with Crippen LogP contribution in [-0.4, -0.2) is 42.1 Å². The summed E-state index contributed by atoms with van der Waals surface area (Å²) in [5.74, 6) is -0.851. The third kappa shape index (κ3) is 5.69. The van der Waals surface area contributed by atoms with Gasteiger partial charge < -0.3 is 15.1 Å². The van der Waals surface area contributed by atoms with Crippen LogP contribution in [-0.2, 0) is 14.4 Å². The Hall–Kier alpha value is -2.15. The molecule has 0 saturated carbocycles. The zero-order chi connectivity index (χ0) is 19.3. The van der Waals surface area contributed by atoms with Crippen LogP contribution in [0.3, 0.4) is 0 Å². The number of halogens is 2. The number of carbonyl (C=O) groups excluding carboxylic acids is 2. The molecule has 0 aliphatic carbocycles. The van der Waals surface area contributed by atoms with Crippen molar-refractivity contribution in [2.75, 3.05) is 25.0 Å². The molecule has 142 valence electrons. The Morgan fingerprint density at radius 1 is 1.31 bits per heavy atom. The van der Waals surface area contributed by atoms with Crippen molar-refractivity contribution in [1.82, 2.24) is 4.90 Å². The maximum Gasteiger partial charge on any atom is 0.265 e. The summed E-state index contributed by atoms with van der Waals surface area (Å²) in [4.78, 5) is 30.9. The Balaban J connectivity index is 1.76. The molecule has 8 heteroatoms. The van der Waals surface area contributed by atoms with Gasteiger partial charge in [0.15, 0.2) is 6.61 Å². The van der Waals surface area contributed by atoms with Crippen molar-refractivity contribution in [3.8, 4) is 0 Å². The fraction of sp³-hybridized carbons (Fsp3) is 0.500. The van der Waals surface area contributed by atoms with Crippen LogP contribution in [0.25, 0.3) is 0 Å². The Bertz CT molecular complexity index is 706. The van der Waals surface area contributed by atoms with Crippen molar-refractivity contribution in [3.63, 3.8) is 0 Å². The summed E-state index contributed by atoms with van der Waals surface area (Å²) in [5, 5.41) is 6.46. The van der Waals surface area contributed by atoms with E-state index in [0.717, 1.165) is 5.71 Å². The van der Waals surface area contributed by atoms with Crippen LogP contribution in [0.1, 0.15) is 33.6 Å². The fourth-order valence-electron chi connectivity index (χ4n) is 2.49. The monoisotopic (exact) mass is 383 g/mol. The molecule has 1 aliphatic rings. The van der Waals surface area contributed by atoms with Crippen molar-refractivity contribution >= 4 is 34.8 Å². The number of oxime groups is 1. The van der Waals surface area contributed by atoms with Crippen molar-refractivity contribution in [3.05, 3.63) is 29.0 Å². The minimum absolute atomic E-state index is 0.0690. The first kappa shape index (κ1) is 20.2. The van der Waals surface area contributed by atoms with E-state index in [4.69, 9.17) is 16.4 Å². The van der Waals surface area contributed by atoms with Gasteiger partial charge in [-0.2, -0.15) is 0 Å². The van der Waals surface area contributed by atoms with E-state index >= 15 is 0 Å². The summed E-state index contributed by atoms with van der Waals surface area (Å²) in [6, 6.07) is 3.90. The molecule has 2 rings (SSSR count). The number of rotatable bonds is 4. The maximum absolute atomic E-state index is 13.1. The average molecular weight is 384 g/mol. The molecule has 1 heterocycles. The molecule has 1 aromatic carbocycles. The standard InChI is InChI=1S/C18H23ClFN3O3/c1-18(2,3)17(25)23-8-6-12(7-9-23)22-26-11-16(24)21-13-4-5-15(20)14(19)10-13/h4-5,10H,6-9,11H2,1-3H3,(H,21,24). The van der Waals surface area contributed by atoms with Crippen molar-refractivity contribution in [1.29, 1.82) is 0 Å². The Kier molecular flexibility index (Phi) is 6.58. The zero-order valence-electron chi connectivity index (χ0n) is 15.1. The lowest BCUT2D eigenvalue weighted by atomic mass is 9.93. The van der Waals surface area contributed by atoms with Crippen molar-refractivity contribution in [2.45, 2.75) is 33.6 Å². The van der Waals surface area contributed by atoms with E-state index in [1.54, 1.807) is 0 Å². The van der Waals surface area contributed by atoms with E-state index in [0.29, 0.717) is 31.6 Å². The molecule has 1 fully saturated rings. The average Bonchev–Trinajstić information content (AvgIpc) is 2.57. The van der Waals surface area contributed by atoms with Gasteiger partial charge in [-0.1, -0.05) is 37.5 Å². The van der Waals surface area contributed by atoms with Crippen LogP contribution < -0.4 is 5.32 Å². The molecule has 1 aliphatic heterocycles. The topological polar surface area (TPSA) is 71.0 Å². The second-order valence-electron chi connectivity index (χ2n) is 7.15. The van der Waals surface area contributed by atoms with Gasteiger partial charge in [-0.3, -0.25) is 9.59 Å². The SMILES string of the molecule is CC(C)(C)C(=O)N1CCC(=NOCC(=O)Nc2ccc(F)c(Cl)c2)CC1. The van der Waals surface area contributed by atoms with E-state index < -0.39 is 17.1 Å². The zero-order valence-corrected chi connectivity index (χ0v) is 15.9. The first-order chi connectivity index (χ1) is 12.2. The number of anilines is 1. The molecule has 0 bridgehead atoms. The van der Waals surface area contributed by atoms with Crippen LogP contribution >= 0.6 is 11.6 Å². The van der Waals surface area contributed by atoms with Crippen molar-refractivity contribution in [2.24, 2.45) is 10.6 Å². The van der Waals surface area contributed by atoms with E-state index in [-0.39, 0.29) is 17.5 Å². The van der Waals surface area contributed by atoms with Crippen LogP contribution in [0.2, 0.25) is 5.02 Å². The lowest BCUT2D eigenvalue weighted by molar-refractivity contribution is -0.139. The predicted octanol–water partition coefficient (Wildman–Crippen LogP) is 3.46. The number of amides is 2. The second-order valence-corrected chi connectivity index (χ2v) is 7.56. The number of carbonyl (C=O) groups is 2. The summed E-state index contributed by atoms with van der Waals surface area (Å²) in [6.45, 7) is 6.62. The Labute approximate surface area is 157 Å². The minimum atomic E-state index is -0.552.